The lowest BCUT2D eigenvalue weighted by Crippen LogP contribution is -2.43. The van der Waals surface area contributed by atoms with Gasteiger partial charge in [-0.2, -0.15) is 0 Å². The molecule has 0 spiro atoms. The van der Waals surface area contributed by atoms with Gasteiger partial charge in [0, 0.05) is 6.07 Å². The van der Waals surface area contributed by atoms with Crippen LogP contribution in [-0.2, 0) is 20.9 Å². The molecule has 0 aliphatic rings. The molecule has 1 unspecified atom stereocenters. The number of nitrogens with zero attached hydrogens (tertiary/aromatic N) is 1. The second-order valence-corrected chi connectivity index (χ2v) is 5.25. The van der Waals surface area contributed by atoms with Crippen LogP contribution in [0.3, 0.4) is 0 Å². The highest BCUT2D eigenvalue weighted by molar-refractivity contribution is 5.98. The summed E-state index contributed by atoms with van der Waals surface area (Å²) in [5.41, 5.74) is -0.516. The number of amides is 1. The number of rotatable bonds is 5. The molecule has 1 aromatic rings. The fourth-order valence-corrected chi connectivity index (χ4v) is 1.69. The van der Waals surface area contributed by atoms with E-state index in [0.717, 1.165) is 0 Å². The van der Waals surface area contributed by atoms with Gasteiger partial charge >= 0.3 is 5.97 Å². The monoisotopic (exact) mass is 268 g/mol. The number of hydrogen-bond donors (Lipinski definition) is 1. The third-order valence-corrected chi connectivity index (χ3v) is 2.58. The van der Waals surface area contributed by atoms with Crippen LogP contribution in [0.4, 0.5) is 0 Å². The third-order valence-electron chi connectivity index (χ3n) is 2.58. The Hall–Kier alpha value is -1.85. The molecule has 6 nitrogen and oxygen atoms in total. The summed E-state index contributed by atoms with van der Waals surface area (Å²) < 4.78 is 9.83. The molecule has 0 aromatic carbocycles. The second kappa shape index (κ2) is 6.36. The van der Waals surface area contributed by atoms with E-state index in [-0.39, 0.29) is 19.1 Å². The van der Waals surface area contributed by atoms with E-state index in [1.165, 1.54) is 6.20 Å². The van der Waals surface area contributed by atoms with Gasteiger partial charge in [0.25, 0.3) is 0 Å². The lowest BCUT2D eigenvalue weighted by Gasteiger charge is -2.27. The van der Waals surface area contributed by atoms with Gasteiger partial charge in [-0.15, -0.1) is 0 Å². The molecule has 1 aromatic heterocycles. The van der Waals surface area contributed by atoms with Gasteiger partial charge in [-0.25, -0.2) is 0 Å². The summed E-state index contributed by atoms with van der Waals surface area (Å²) in [6.45, 7) is 7.63. The van der Waals surface area contributed by atoms with Gasteiger partial charge in [-0.3, -0.25) is 9.59 Å². The van der Waals surface area contributed by atoms with Crippen molar-refractivity contribution < 1.29 is 18.8 Å². The first-order chi connectivity index (χ1) is 8.86. The lowest BCUT2D eigenvalue weighted by molar-refractivity contribution is -0.156. The normalized spacial score (nSPS) is 12.8. The van der Waals surface area contributed by atoms with Crippen LogP contribution in [0.5, 0.6) is 0 Å². The molecule has 1 atom stereocenters. The molecular formula is C13H20N2O4. The maximum absolute atomic E-state index is 12.1. The zero-order valence-electron chi connectivity index (χ0n) is 11.7. The Morgan fingerprint density at radius 1 is 1.47 bits per heavy atom. The predicted molar refractivity (Wildman–Crippen MR) is 67.9 cm³/mol. The molecule has 1 heterocycles. The smallest absolute Gasteiger partial charge is 0.319 e. The Kier molecular flexibility index (Phi) is 5.09. The molecule has 0 aliphatic carbocycles. The molecule has 6 heteroatoms. The van der Waals surface area contributed by atoms with Crippen molar-refractivity contribution in [1.29, 1.82) is 0 Å². The Labute approximate surface area is 112 Å². The van der Waals surface area contributed by atoms with Crippen molar-refractivity contribution in [2.24, 2.45) is 11.3 Å². The van der Waals surface area contributed by atoms with E-state index in [1.807, 2.05) is 20.8 Å². The van der Waals surface area contributed by atoms with E-state index in [2.05, 4.69) is 10.5 Å². The molecule has 19 heavy (non-hydrogen) atoms. The van der Waals surface area contributed by atoms with Crippen LogP contribution in [0.2, 0.25) is 0 Å². The molecule has 1 rings (SSSR count). The summed E-state index contributed by atoms with van der Waals surface area (Å²) >= 11 is 0. The molecule has 1 N–H and O–H groups in total. The van der Waals surface area contributed by atoms with Gasteiger partial charge in [0.1, 0.15) is 5.92 Å². The first-order valence-corrected chi connectivity index (χ1v) is 6.20. The van der Waals surface area contributed by atoms with Gasteiger partial charge in [0.05, 0.1) is 19.3 Å². The van der Waals surface area contributed by atoms with Crippen LogP contribution >= 0.6 is 0 Å². The summed E-state index contributed by atoms with van der Waals surface area (Å²) in [5.74, 6) is -1.20. The summed E-state index contributed by atoms with van der Waals surface area (Å²) in [6.07, 6.45) is 1.49. The predicted octanol–water partition coefficient (Wildman–Crippen LogP) is 1.52. The van der Waals surface area contributed by atoms with Crippen molar-refractivity contribution in [3.63, 3.8) is 0 Å². The van der Waals surface area contributed by atoms with Gasteiger partial charge < -0.3 is 14.6 Å². The van der Waals surface area contributed by atoms with Crippen LogP contribution < -0.4 is 5.32 Å². The number of hydrogen-bond acceptors (Lipinski definition) is 5. The number of aromatic nitrogens is 1. The molecule has 0 saturated heterocycles. The Balaban J connectivity index is 2.69. The largest absolute Gasteiger partial charge is 0.465 e. The highest BCUT2D eigenvalue weighted by Crippen LogP contribution is 2.27. The van der Waals surface area contributed by atoms with Crippen LogP contribution in [0.1, 0.15) is 33.5 Å². The minimum absolute atomic E-state index is 0.199. The zero-order chi connectivity index (χ0) is 14.5. The average molecular weight is 268 g/mol. The van der Waals surface area contributed by atoms with E-state index >= 15 is 0 Å². The van der Waals surface area contributed by atoms with Gasteiger partial charge in [0.2, 0.25) is 5.91 Å². The van der Waals surface area contributed by atoms with E-state index < -0.39 is 17.3 Å². The SMILES string of the molecule is CCOC(=O)C(C(=O)NCc1ccno1)C(C)(C)C. The van der Waals surface area contributed by atoms with Gasteiger partial charge in [-0.05, 0) is 12.3 Å². The number of ether oxygens (including phenoxy) is 1. The Bertz CT molecular complexity index is 420. The first-order valence-electron chi connectivity index (χ1n) is 6.20. The molecule has 0 saturated carbocycles. The third kappa shape index (κ3) is 4.39. The summed E-state index contributed by atoms with van der Waals surface area (Å²) in [4.78, 5) is 24.0. The van der Waals surface area contributed by atoms with Gasteiger partial charge in [0.15, 0.2) is 5.76 Å². The van der Waals surface area contributed by atoms with Crippen LogP contribution in [0.15, 0.2) is 16.8 Å². The molecule has 106 valence electrons. The van der Waals surface area contributed by atoms with E-state index in [1.54, 1.807) is 13.0 Å². The fraction of sp³-hybridized carbons (Fsp3) is 0.615. The number of carbonyl (C=O) groups is 2. The standard InChI is InChI=1S/C13H20N2O4/c1-5-18-12(17)10(13(2,3)4)11(16)14-8-9-6-7-15-19-9/h6-7,10H,5,8H2,1-4H3,(H,14,16). The van der Waals surface area contributed by atoms with Gasteiger partial charge in [-0.1, -0.05) is 25.9 Å². The van der Waals surface area contributed by atoms with E-state index in [0.29, 0.717) is 5.76 Å². The molecule has 1 amide bonds. The molecule has 0 aliphatic heterocycles. The average Bonchev–Trinajstić information content (AvgIpc) is 2.77. The second-order valence-electron chi connectivity index (χ2n) is 5.25. The molecule has 0 bridgehead atoms. The van der Waals surface area contributed by atoms with Crippen molar-refractivity contribution in [3.05, 3.63) is 18.0 Å². The number of esters is 1. The summed E-state index contributed by atoms with van der Waals surface area (Å²) in [7, 11) is 0. The highest BCUT2D eigenvalue weighted by Gasteiger charge is 2.38. The quantitative estimate of drug-likeness (QED) is 0.646. The lowest BCUT2D eigenvalue weighted by atomic mass is 9.80. The zero-order valence-corrected chi connectivity index (χ0v) is 11.7. The van der Waals surface area contributed by atoms with Crippen molar-refractivity contribution in [1.82, 2.24) is 10.5 Å². The Morgan fingerprint density at radius 3 is 2.63 bits per heavy atom. The fourth-order valence-electron chi connectivity index (χ4n) is 1.69. The van der Waals surface area contributed by atoms with E-state index in [4.69, 9.17) is 9.26 Å². The number of carbonyl (C=O) groups excluding carboxylic acids is 2. The molecular weight excluding hydrogens is 248 g/mol. The van der Waals surface area contributed by atoms with Crippen molar-refractivity contribution in [3.8, 4) is 0 Å². The van der Waals surface area contributed by atoms with Crippen molar-refractivity contribution in [2.75, 3.05) is 6.61 Å². The van der Waals surface area contributed by atoms with Crippen LogP contribution in [0.25, 0.3) is 0 Å². The minimum atomic E-state index is -0.852. The van der Waals surface area contributed by atoms with Crippen LogP contribution in [-0.4, -0.2) is 23.6 Å². The minimum Gasteiger partial charge on any atom is -0.465 e. The molecule has 0 radical (unpaired) electrons. The van der Waals surface area contributed by atoms with E-state index in [9.17, 15) is 9.59 Å². The highest BCUT2D eigenvalue weighted by atomic mass is 16.5. The van der Waals surface area contributed by atoms with Crippen LogP contribution in [0, 0.1) is 11.3 Å². The van der Waals surface area contributed by atoms with Crippen molar-refractivity contribution in [2.45, 2.75) is 34.2 Å². The topological polar surface area (TPSA) is 81.4 Å². The van der Waals surface area contributed by atoms with Crippen molar-refractivity contribution >= 4 is 11.9 Å². The maximum Gasteiger partial charge on any atom is 0.319 e. The first kappa shape index (κ1) is 15.2. The Morgan fingerprint density at radius 2 is 2.16 bits per heavy atom. The molecule has 0 fully saturated rings. The summed E-state index contributed by atoms with van der Waals surface area (Å²) in [6, 6.07) is 1.65. The number of nitrogens with one attached hydrogen (secondary N) is 1. The summed E-state index contributed by atoms with van der Waals surface area (Å²) in [5, 5.41) is 6.20. The maximum atomic E-state index is 12.1.